The Hall–Kier alpha value is -5.79. The summed E-state index contributed by atoms with van der Waals surface area (Å²) in [6.07, 6.45) is 1.94. The van der Waals surface area contributed by atoms with Crippen molar-refractivity contribution in [3.05, 3.63) is 167 Å². The van der Waals surface area contributed by atoms with Crippen molar-refractivity contribution in [3.63, 3.8) is 0 Å². The maximum Gasteiger partial charge on any atom is 0.345 e. The van der Waals surface area contributed by atoms with Gasteiger partial charge in [0.1, 0.15) is 17.1 Å². The van der Waals surface area contributed by atoms with E-state index in [0.29, 0.717) is 28.2 Å². The first-order valence-corrected chi connectivity index (χ1v) is 15.6. The van der Waals surface area contributed by atoms with Crippen molar-refractivity contribution < 1.29 is 4.42 Å². The summed E-state index contributed by atoms with van der Waals surface area (Å²) in [4.78, 5) is 19.0. The second kappa shape index (κ2) is 11.6. The highest BCUT2D eigenvalue weighted by Gasteiger charge is 2.27. The summed E-state index contributed by atoms with van der Waals surface area (Å²) in [5.74, 6) is 0.643. The lowest BCUT2D eigenvalue weighted by molar-refractivity contribution is 0.563. The van der Waals surface area contributed by atoms with Crippen LogP contribution in [0.2, 0.25) is 0 Å². The number of para-hydroxylation sites is 2. The van der Waals surface area contributed by atoms with Crippen molar-refractivity contribution >= 4 is 26.9 Å². The molecule has 7 heteroatoms. The zero-order chi connectivity index (χ0) is 31.0. The third-order valence-corrected chi connectivity index (χ3v) is 8.46. The molecule has 0 aliphatic heterocycles. The fourth-order valence-corrected chi connectivity index (χ4v) is 6.04. The molecule has 0 aliphatic carbocycles. The average molecular weight is 662 g/mol. The zero-order valence-corrected chi connectivity index (χ0v) is 26.0. The predicted molar refractivity (Wildman–Crippen MR) is 186 cm³/mol. The SMILES string of the molecule is O=c1oc2ccccc2cc1-c1nn(-c2ccccc2)cc1-c1nc(-c2ccccc2)c(-c2ccccc2)n1-c1ccc(Br)cc1. The Labute approximate surface area is 273 Å². The normalized spacial score (nSPS) is 11.2. The quantitative estimate of drug-likeness (QED) is 0.167. The van der Waals surface area contributed by atoms with Gasteiger partial charge in [0.15, 0.2) is 0 Å². The molecular formula is C39H25BrN4O2. The predicted octanol–water partition coefficient (Wildman–Crippen LogP) is 9.59. The Kier molecular flexibility index (Phi) is 7.00. The van der Waals surface area contributed by atoms with Gasteiger partial charge in [0.2, 0.25) is 0 Å². The van der Waals surface area contributed by atoms with Crippen molar-refractivity contribution in [3.8, 4) is 56.5 Å². The van der Waals surface area contributed by atoms with E-state index in [0.717, 1.165) is 43.7 Å². The molecule has 8 aromatic rings. The molecule has 8 rings (SSSR count). The summed E-state index contributed by atoms with van der Waals surface area (Å²) < 4.78 is 10.7. The molecule has 0 N–H and O–H groups in total. The molecule has 0 atom stereocenters. The van der Waals surface area contributed by atoms with Gasteiger partial charge in [-0.3, -0.25) is 4.57 Å². The van der Waals surface area contributed by atoms with Crippen LogP contribution < -0.4 is 5.63 Å². The van der Waals surface area contributed by atoms with Gasteiger partial charge >= 0.3 is 5.63 Å². The van der Waals surface area contributed by atoms with Gasteiger partial charge < -0.3 is 4.42 Å². The van der Waals surface area contributed by atoms with Crippen molar-refractivity contribution in [2.45, 2.75) is 0 Å². The standard InChI is InChI=1S/C39H25BrN4O2/c40-29-20-22-31(23-21-29)44-37(27-14-6-2-7-15-27)35(26-12-4-1-5-13-26)41-38(44)33-25-43(30-17-8-3-9-18-30)42-36(33)32-24-28-16-10-11-19-34(28)46-39(32)45/h1-25H. The number of nitrogens with zero attached hydrogens (tertiary/aromatic N) is 4. The average Bonchev–Trinajstić information content (AvgIpc) is 3.72. The number of hydrogen-bond acceptors (Lipinski definition) is 4. The second-order valence-corrected chi connectivity index (χ2v) is 11.7. The van der Waals surface area contributed by atoms with Gasteiger partial charge in [0.25, 0.3) is 0 Å². The fourth-order valence-electron chi connectivity index (χ4n) is 5.78. The molecule has 0 spiro atoms. The summed E-state index contributed by atoms with van der Waals surface area (Å²) >= 11 is 3.60. The van der Waals surface area contributed by atoms with E-state index in [1.165, 1.54) is 0 Å². The minimum atomic E-state index is -0.466. The summed E-state index contributed by atoms with van der Waals surface area (Å²) in [7, 11) is 0. The van der Waals surface area contributed by atoms with Gasteiger partial charge in [-0.1, -0.05) is 113 Å². The molecule has 0 saturated heterocycles. The Balaban J connectivity index is 1.49. The van der Waals surface area contributed by atoms with Crippen molar-refractivity contribution in [2.75, 3.05) is 0 Å². The minimum absolute atomic E-state index is 0.358. The molecule has 5 aromatic carbocycles. The molecule has 6 nitrogen and oxygen atoms in total. The highest BCUT2D eigenvalue weighted by molar-refractivity contribution is 9.10. The van der Waals surface area contributed by atoms with E-state index in [-0.39, 0.29) is 0 Å². The van der Waals surface area contributed by atoms with E-state index in [2.05, 4.69) is 56.9 Å². The minimum Gasteiger partial charge on any atom is -0.422 e. The van der Waals surface area contributed by atoms with E-state index in [1.54, 1.807) is 10.7 Å². The summed E-state index contributed by atoms with van der Waals surface area (Å²) in [6, 6.07) is 47.8. The van der Waals surface area contributed by atoms with Gasteiger partial charge in [0, 0.05) is 32.9 Å². The second-order valence-electron chi connectivity index (χ2n) is 10.8. The lowest BCUT2D eigenvalue weighted by Crippen LogP contribution is -2.05. The molecule has 0 fully saturated rings. The van der Waals surface area contributed by atoms with Crippen LogP contribution in [0.4, 0.5) is 0 Å². The largest absolute Gasteiger partial charge is 0.422 e. The van der Waals surface area contributed by atoms with Crippen LogP contribution in [-0.4, -0.2) is 19.3 Å². The number of halogens is 1. The summed E-state index contributed by atoms with van der Waals surface area (Å²) in [5, 5.41) is 5.83. The third-order valence-electron chi connectivity index (χ3n) is 7.93. The van der Waals surface area contributed by atoms with Crippen LogP contribution in [0.1, 0.15) is 0 Å². The highest BCUT2D eigenvalue weighted by Crippen LogP contribution is 2.41. The molecule has 3 aromatic heterocycles. The first kappa shape index (κ1) is 27.7. The van der Waals surface area contributed by atoms with E-state index in [4.69, 9.17) is 14.5 Å². The molecule has 220 valence electrons. The topological polar surface area (TPSA) is 65.8 Å². The Morgan fingerprint density at radius 3 is 1.96 bits per heavy atom. The monoisotopic (exact) mass is 660 g/mol. The van der Waals surface area contributed by atoms with E-state index in [9.17, 15) is 4.79 Å². The zero-order valence-electron chi connectivity index (χ0n) is 24.4. The highest BCUT2D eigenvalue weighted by atomic mass is 79.9. The lowest BCUT2D eigenvalue weighted by atomic mass is 10.0. The summed E-state index contributed by atoms with van der Waals surface area (Å²) in [6.45, 7) is 0. The Morgan fingerprint density at radius 1 is 0.609 bits per heavy atom. The number of aromatic nitrogens is 4. The number of imidazole rings is 1. The van der Waals surface area contributed by atoms with Gasteiger partial charge in [-0.05, 0) is 48.5 Å². The van der Waals surface area contributed by atoms with Crippen LogP contribution in [0.3, 0.4) is 0 Å². The molecular weight excluding hydrogens is 636 g/mol. The Bertz CT molecular complexity index is 2380. The van der Waals surface area contributed by atoms with Crippen LogP contribution in [0.15, 0.2) is 165 Å². The van der Waals surface area contributed by atoms with E-state index < -0.39 is 5.63 Å². The number of benzene rings is 5. The smallest absolute Gasteiger partial charge is 0.345 e. The third kappa shape index (κ3) is 4.97. The number of rotatable bonds is 6. The van der Waals surface area contributed by atoms with Crippen LogP contribution >= 0.6 is 15.9 Å². The van der Waals surface area contributed by atoms with Crippen LogP contribution in [0, 0.1) is 0 Å². The van der Waals surface area contributed by atoms with E-state index in [1.807, 2.05) is 109 Å². The van der Waals surface area contributed by atoms with Crippen molar-refractivity contribution in [1.29, 1.82) is 0 Å². The van der Waals surface area contributed by atoms with Crippen molar-refractivity contribution in [2.24, 2.45) is 0 Å². The van der Waals surface area contributed by atoms with Gasteiger partial charge in [-0.2, -0.15) is 5.10 Å². The maximum absolute atomic E-state index is 13.6. The maximum atomic E-state index is 13.6. The molecule has 0 aliphatic rings. The van der Waals surface area contributed by atoms with Gasteiger partial charge in [0.05, 0.1) is 28.2 Å². The Morgan fingerprint density at radius 2 is 1.24 bits per heavy atom. The van der Waals surface area contributed by atoms with Crippen LogP contribution in [-0.2, 0) is 0 Å². The lowest BCUT2D eigenvalue weighted by Gasteiger charge is -2.14. The summed E-state index contributed by atoms with van der Waals surface area (Å²) in [5.41, 5.74) is 7.06. The molecule has 0 radical (unpaired) electrons. The van der Waals surface area contributed by atoms with Crippen LogP contribution in [0.5, 0.6) is 0 Å². The fraction of sp³-hybridized carbons (Fsp3) is 0. The van der Waals surface area contributed by atoms with Crippen molar-refractivity contribution in [1.82, 2.24) is 19.3 Å². The molecule has 3 heterocycles. The van der Waals surface area contributed by atoms with Crippen LogP contribution in [0.25, 0.3) is 67.5 Å². The molecule has 0 saturated carbocycles. The molecule has 0 bridgehead atoms. The molecule has 0 amide bonds. The number of fused-ring (bicyclic) bond motifs is 1. The number of hydrogen-bond donors (Lipinski definition) is 0. The first-order chi connectivity index (χ1) is 22.6. The van der Waals surface area contributed by atoms with E-state index >= 15 is 0 Å². The first-order valence-electron chi connectivity index (χ1n) is 14.8. The molecule has 46 heavy (non-hydrogen) atoms. The van der Waals surface area contributed by atoms with Gasteiger partial charge in [-0.15, -0.1) is 0 Å². The van der Waals surface area contributed by atoms with Gasteiger partial charge in [-0.25, -0.2) is 14.5 Å². The molecule has 0 unspecified atom stereocenters.